The highest BCUT2D eigenvalue weighted by molar-refractivity contribution is 5.76. The monoisotopic (exact) mass is 392 g/mol. The summed E-state index contributed by atoms with van der Waals surface area (Å²) in [4.78, 5) is 24.6. The van der Waals surface area contributed by atoms with Gasteiger partial charge in [-0.2, -0.15) is 0 Å². The van der Waals surface area contributed by atoms with E-state index in [1.807, 2.05) is 0 Å². The average molecular weight is 392 g/mol. The smallest absolute Gasteiger partial charge is 0.311 e. The van der Waals surface area contributed by atoms with E-state index < -0.39 is 24.1 Å². The van der Waals surface area contributed by atoms with Gasteiger partial charge in [0.05, 0.1) is 11.3 Å². The molecule has 9 unspecified atom stereocenters. The summed E-state index contributed by atoms with van der Waals surface area (Å²) in [5.74, 6) is -0.530. The average Bonchev–Trinajstić information content (AvgIpc) is 3.06. The molecule has 2 aliphatic heterocycles. The molecule has 0 radical (unpaired) electrons. The summed E-state index contributed by atoms with van der Waals surface area (Å²) < 4.78 is 17.3. The van der Waals surface area contributed by atoms with Crippen molar-refractivity contribution in [1.29, 1.82) is 0 Å². The Morgan fingerprint density at radius 1 is 1.18 bits per heavy atom. The molecule has 0 aromatic rings. The van der Waals surface area contributed by atoms with Crippen molar-refractivity contribution in [3.63, 3.8) is 0 Å². The molecule has 3 aliphatic carbocycles. The molecule has 6 nitrogen and oxygen atoms in total. The van der Waals surface area contributed by atoms with E-state index in [0.29, 0.717) is 12.3 Å². The van der Waals surface area contributed by atoms with Crippen LogP contribution in [0.3, 0.4) is 0 Å². The highest BCUT2D eigenvalue weighted by atomic mass is 16.8. The highest BCUT2D eigenvalue weighted by Gasteiger charge is 2.78. The summed E-state index contributed by atoms with van der Waals surface area (Å²) in [6, 6.07) is 0. The van der Waals surface area contributed by atoms with Crippen molar-refractivity contribution in [2.75, 3.05) is 0 Å². The maximum Gasteiger partial charge on any atom is 0.311 e. The molecule has 1 N–H and O–H groups in total. The molecule has 28 heavy (non-hydrogen) atoms. The van der Waals surface area contributed by atoms with Crippen molar-refractivity contribution in [1.82, 2.24) is 0 Å². The zero-order valence-electron chi connectivity index (χ0n) is 17.3. The number of hydrogen-bond donors (Lipinski definition) is 1. The summed E-state index contributed by atoms with van der Waals surface area (Å²) >= 11 is 0. The molecule has 5 fully saturated rings. The summed E-state index contributed by atoms with van der Waals surface area (Å²) in [6.07, 6.45) is 3.49. The number of ether oxygens (including phenoxy) is 3. The lowest BCUT2D eigenvalue weighted by molar-refractivity contribution is -0.278. The van der Waals surface area contributed by atoms with Gasteiger partial charge in [-0.25, -0.2) is 0 Å². The van der Waals surface area contributed by atoms with E-state index in [9.17, 15) is 14.7 Å². The van der Waals surface area contributed by atoms with Gasteiger partial charge in [0.1, 0.15) is 6.10 Å². The van der Waals surface area contributed by atoms with Crippen LogP contribution in [-0.4, -0.2) is 35.7 Å². The standard InChI is InChI=1S/C22H32O6/c1-11(23)26-15-10-14-20(2,3)8-5-9-21(14,4)13-7-6-12-16-18(27-17(12)24)28-19(25)22(13,15)16/h12-16,18-19,25H,5-10H2,1-4H3. The molecule has 1 spiro atoms. The van der Waals surface area contributed by atoms with Crippen molar-refractivity contribution in [3.05, 3.63) is 0 Å². The molecule has 0 bridgehead atoms. The fourth-order valence-electron chi connectivity index (χ4n) is 8.45. The van der Waals surface area contributed by atoms with E-state index in [4.69, 9.17) is 14.2 Å². The first kappa shape index (κ1) is 18.9. The molecule has 5 rings (SSSR count). The van der Waals surface area contributed by atoms with Crippen molar-refractivity contribution >= 4 is 11.9 Å². The summed E-state index contributed by atoms with van der Waals surface area (Å²) in [5, 5.41) is 11.2. The Balaban J connectivity index is 1.68. The van der Waals surface area contributed by atoms with Crippen LogP contribution in [0.1, 0.15) is 66.2 Å². The minimum atomic E-state index is -1.07. The van der Waals surface area contributed by atoms with Crippen LogP contribution in [0.4, 0.5) is 0 Å². The molecule has 0 aromatic carbocycles. The van der Waals surface area contributed by atoms with Crippen LogP contribution < -0.4 is 0 Å². The van der Waals surface area contributed by atoms with Gasteiger partial charge in [-0.05, 0) is 54.8 Å². The Bertz CT molecular complexity index is 718. The summed E-state index contributed by atoms with van der Waals surface area (Å²) in [7, 11) is 0. The third kappa shape index (κ3) is 2.11. The van der Waals surface area contributed by atoms with Crippen molar-refractivity contribution in [2.45, 2.75) is 84.9 Å². The van der Waals surface area contributed by atoms with E-state index >= 15 is 0 Å². The quantitative estimate of drug-likeness (QED) is 0.691. The number of aliphatic hydroxyl groups excluding tert-OH is 1. The van der Waals surface area contributed by atoms with Gasteiger partial charge < -0.3 is 19.3 Å². The second-order valence-electron chi connectivity index (χ2n) is 10.8. The predicted octanol–water partition coefficient (Wildman–Crippen LogP) is 3.01. The van der Waals surface area contributed by atoms with E-state index in [2.05, 4.69) is 20.8 Å². The van der Waals surface area contributed by atoms with Gasteiger partial charge in [0.15, 0.2) is 6.29 Å². The van der Waals surface area contributed by atoms with Crippen LogP contribution in [-0.2, 0) is 23.8 Å². The molecule has 0 aromatic heterocycles. The minimum absolute atomic E-state index is 0.0221. The fourth-order valence-corrected chi connectivity index (χ4v) is 8.45. The van der Waals surface area contributed by atoms with Crippen LogP contribution in [0.2, 0.25) is 0 Å². The van der Waals surface area contributed by atoms with Crippen LogP contribution >= 0.6 is 0 Å². The van der Waals surface area contributed by atoms with Gasteiger partial charge in [0.25, 0.3) is 0 Å². The first-order valence-electron chi connectivity index (χ1n) is 10.8. The second-order valence-corrected chi connectivity index (χ2v) is 10.8. The Morgan fingerprint density at radius 2 is 1.93 bits per heavy atom. The van der Waals surface area contributed by atoms with Crippen molar-refractivity contribution in [2.24, 2.45) is 39.9 Å². The maximum absolute atomic E-state index is 12.5. The first-order valence-corrected chi connectivity index (χ1v) is 10.8. The Morgan fingerprint density at radius 3 is 2.64 bits per heavy atom. The lowest BCUT2D eigenvalue weighted by atomic mass is 9.37. The van der Waals surface area contributed by atoms with Crippen molar-refractivity contribution < 1.29 is 28.9 Å². The van der Waals surface area contributed by atoms with Gasteiger partial charge in [-0.15, -0.1) is 0 Å². The van der Waals surface area contributed by atoms with Crippen LogP contribution in [0.5, 0.6) is 0 Å². The molecule has 156 valence electrons. The molecule has 3 saturated carbocycles. The van der Waals surface area contributed by atoms with Gasteiger partial charge in [0.2, 0.25) is 6.29 Å². The minimum Gasteiger partial charge on any atom is -0.462 e. The topological polar surface area (TPSA) is 82.1 Å². The highest BCUT2D eigenvalue weighted by Crippen LogP contribution is 2.73. The maximum atomic E-state index is 12.5. The summed E-state index contributed by atoms with van der Waals surface area (Å²) in [6.45, 7) is 8.46. The number of rotatable bonds is 1. The normalized spacial score (nSPS) is 53.6. The molecule has 0 amide bonds. The van der Waals surface area contributed by atoms with Crippen molar-refractivity contribution in [3.8, 4) is 0 Å². The zero-order valence-corrected chi connectivity index (χ0v) is 17.3. The number of hydrogen-bond acceptors (Lipinski definition) is 6. The Kier molecular flexibility index (Phi) is 3.85. The largest absolute Gasteiger partial charge is 0.462 e. The number of carbonyl (C=O) groups is 2. The molecular weight excluding hydrogens is 360 g/mol. The SMILES string of the molecule is CC(=O)OC1CC2C(C)(C)CCCC2(C)C2CCC3C(=O)OC4OC(O)C12C43. The predicted molar refractivity (Wildman–Crippen MR) is 98.5 cm³/mol. The third-order valence-electron chi connectivity index (χ3n) is 9.29. The van der Waals surface area contributed by atoms with Gasteiger partial charge >= 0.3 is 11.9 Å². The van der Waals surface area contributed by atoms with E-state index in [0.717, 1.165) is 32.1 Å². The van der Waals surface area contributed by atoms with Gasteiger partial charge in [-0.3, -0.25) is 9.59 Å². The molecule has 5 aliphatic rings. The lowest BCUT2D eigenvalue weighted by Crippen LogP contribution is -2.68. The van der Waals surface area contributed by atoms with E-state index in [1.54, 1.807) is 0 Å². The zero-order chi connectivity index (χ0) is 20.1. The van der Waals surface area contributed by atoms with Crippen LogP contribution in [0, 0.1) is 39.9 Å². The molecular formula is C22H32O6. The van der Waals surface area contributed by atoms with E-state index in [-0.39, 0.29) is 40.5 Å². The second kappa shape index (κ2) is 5.72. The van der Waals surface area contributed by atoms with Crippen LogP contribution in [0.15, 0.2) is 0 Å². The number of esters is 2. The Hall–Kier alpha value is -1.14. The third-order valence-corrected chi connectivity index (χ3v) is 9.29. The molecule has 2 heterocycles. The molecule has 9 atom stereocenters. The molecule has 2 saturated heterocycles. The van der Waals surface area contributed by atoms with Gasteiger partial charge in [0, 0.05) is 12.8 Å². The van der Waals surface area contributed by atoms with Crippen LogP contribution in [0.25, 0.3) is 0 Å². The Labute approximate surface area is 166 Å². The number of fused-ring (bicyclic) bond motifs is 2. The number of aliphatic hydroxyl groups is 1. The number of carbonyl (C=O) groups excluding carboxylic acids is 2. The molecule has 6 heteroatoms. The fraction of sp³-hybridized carbons (Fsp3) is 0.909. The van der Waals surface area contributed by atoms with Gasteiger partial charge in [-0.1, -0.05) is 27.2 Å². The lowest BCUT2D eigenvalue weighted by Gasteiger charge is -2.67. The first-order chi connectivity index (χ1) is 13.1. The summed E-state index contributed by atoms with van der Waals surface area (Å²) in [5.41, 5.74) is -0.589. The van der Waals surface area contributed by atoms with E-state index in [1.165, 1.54) is 6.92 Å².